The summed E-state index contributed by atoms with van der Waals surface area (Å²) in [6.45, 7) is 1.13. The first-order chi connectivity index (χ1) is 10.9. The summed E-state index contributed by atoms with van der Waals surface area (Å²) in [7, 11) is 0. The molecular formula is C14H15F3N4O2. The van der Waals surface area contributed by atoms with Gasteiger partial charge in [-0.15, -0.1) is 0 Å². The van der Waals surface area contributed by atoms with Crippen LogP contribution in [0.1, 0.15) is 23.8 Å². The molecule has 124 valence electrons. The molecule has 0 atom stereocenters. The lowest BCUT2D eigenvalue weighted by Crippen LogP contribution is -2.21. The Labute approximate surface area is 130 Å². The number of carbonyl (C=O) groups excluding carboxylic acids is 1. The Kier molecular flexibility index (Phi) is 5.20. The monoisotopic (exact) mass is 328 g/mol. The van der Waals surface area contributed by atoms with Crippen molar-refractivity contribution in [3.05, 3.63) is 36.2 Å². The molecule has 0 spiro atoms. The van der Waals surface area contributed by atoms with Gasteiger partial charge in [0.1, 0.15) is 11.5 Å². The summed E-state index contributed by atoms with van der Waals surface area (Å²) in [6, 6.07) is 5.66. The van der Waals surface area contributed by atoms with E-state index in [4.69, 9.17) is 0 Å². The molecule has 0 aliphatic heterocycles. The van der Waals surface area contributed by atoms with Crippen molar-refractivity contribution >= 4 is 11.7 Å². The molecule has 0 fully saturated rings. The summed E-state index contributed by atoms with van der Waals surface area (Å²) in [5, 5.41) is 6.67. The highest BCUT2D eigenvalue weighted by molar-refractivity contribution is 6.02. The molecule has 2 heterocycles. The molecule has 23 heavy (non-hydrogen) atoms. The van der Waals surface area contributed by atoms with Gasteiger partial charge >= 0.3 is 6.18 Å². The van der Waals surface area contributed by atoms with Gasteiger partial charge in [0.25, 0.3) is 5.91 Å². The molecule has 2 aromatic heterocycles. The quantitative estimate of drug-likeness (QED) is 0.885. The van der Waals surface area contributed by atoms with Crippen LogP contribution in [0, 0.1) is 0 Å². The second kappa shape index (κ2) is 7.12. The molecule has 0 bridgehead atoms. The van der Waals surface area contributed by atoms with E-state index in [0.29, 0.717) is 12.4 Å². The summed E-state index contributed by atoms with van der Waals surface area (Å²) >= 11 is 0. The number of halogens is 3. The maximum atomic E-state index is 12.1. The lowest BCUT2D eigenvalue weighted by Gasteiger charge is -2.10. The lowest BCUT2D eigenvalue weighted by atomic mass is 10.3. The van der Waals surface area contributed by atoms with Gasteiger partial charge < -0.3 is 10.1 Å². The van der Waals surface area contributed by atoms with Crippen molar-refractivity contribution in [2.75, 3.05) is 11.9 Å². The van der Waals surface area contributed by atoms with Crippen molar-refractivity contribution in [3.63, 3.8) is 0 Å². The molecule has 0 saturated heterocycles. The number of carbonyl (C=O) groups is 1. The Balaban J connectivity index is 2.06. The first-order valence-corrected chi connectivity index (χ1v) is 6.89. The Morgan fingerprint density at radius 1 is 1.35 bits per heavy atom. The van der Waals surface area contributed by atoms with Gasteiger partial charge in [-0.25, -0.2) is 9.67 Å². The number of hydrogen-bond donors (Lipinski definition) is 1. The number of ether oxygens (including phenoxy) is 1. The van der Waals surface area contributed by atoms with Gasteiger partial charge in [0, 0.05) is 18.7 Å². The maximum absolute atomic E-state index is 12.1. The van der Waals surface area contributed by atoms with Crippen LogP contribution in [-0.2, 0) is 6.54 Å². The van der Waals surface area contributed by atoms with E-state index in [0.717, 1.165) is 6.42 Å². The Hall–Kier alpha value is -2.58. The average molecular weight is 328 g/mol. The normalized spacial score (nSPS) is 11.3. The second-order valence-corrected chi connectivity index (χ2v) is 4.66. The molecular weight excluding hydrogens is 313 g/mol. The van der Waals surface area contributed by atoms with Crippen LogP contribution in [0.3, 0.4) is 0 Å². The maximum Gasteiger partial charge on any atom is 0.422 e. The van der Waals surface area contributed by atoms with Crippen molar-refractivity contribution in [1.82, 2.24) is 14.8 Å². The van der Waals surface area contributed by atoms with E-state index >= 15 is 0 Å². The van der Waals surface area contributed by atoms with Gasteiger partial charge in [0.05, 0.1) is 6.20 Å². The third-order valence-electron chi connectivity index (χ3n) is 2.73. The molecule has 1 N–H and O–H groups in total. The van der Waals surface area contributed by atoms with Crippen molar-refractivity contribution in [2.24, 2.45) is 0 Å². The molecule has 0 aliphatic rings. The molecule has 1 amide bonds. The minimum Gasteiger partial charge on any atom is -0.468 e. The van der Waals surface area contributed by atoms with Crippen LogP contribution < -0.4 is 10.1 Å². The van der Waals surface area contributed by atoms with Gasteiger partial charge in [0.15, 0.2) is 6.61 Å². The zero-order valence-corrected chi connectivity index (χ0v) is 12.3. The predicted molar refractivity (Wildman–Crippen MR) is 76.3 cm³/mol. The Bertz CT molecular complexity index is 670. The number of aryl methyl sites for hydroxylation is 1. The SMILES string of the molecule is CCCn1nccc1NC(=O)c1cccc(OCC(F)(F)F)n1. The summed E-state index contributed by atoms with van der Waals surface area (Å²) in [6.07, 6.45) is -2.09. The van der Waals surface area contributed by atoms with Crippen molar-refractivity contribution in [2.45, 2.75) is 26.1 Å². The fraction of sp³-hybridized carbons (Fsp3) is 0.357. The number of nitrogens with zero attached hydrogens (tertiary/aromatic N) is 3. The van der Waals surface area contributed by atoms with E-state index in [-0.39, 0.29) is 11.6 Å². The fourth-order valence-corrected chi connectivity index (χ4v) is 1.79. The summed E-state index contributed by atoms with van der Waals surface area (Å²) in [5.41, 5.74) is -0.0473. The third kappa shape index (κ3) is 4.97. The van der Waals surface area contributed by atoms with Gasteiger partial charge in [-0.05, 0) is 12.5 Å². The van der Waals surface area contributed by atoms with Crippen LogP contribution in [0.25, 0.3) is 0 Å². The molecule has 6 nitrogen and oxygen atoms in total. The molecule has 0 saturated carbocycles. The van der Waals surface area contributed by atoms with E-state index in [1.165, 1.54) is 18.2 Å². The van der Waals surface area contributed by atoms with E-state index in [1.807, 2.05) is 6.92 Å². The highest BCUT2D eigenvalue weighted by Crippen LogP contribution is 2.17. The molecule has 0 aromatic carbocycles. The van der Waals surface area contributed by atoms with E-state index in [9.17, 15) is 18.0 Å². The number of nitrogens with one attached hydrogen (secondary N) is 1. The smallest absolute Gasteiger partial charge is 0.422 e. The number of anilines is 1. The lowest BCUT2D eigenvalue weighted by molar-refractivity contribution is -0.154. The minimum absolute atomic E-state index is 0.0473. The van der Waals surface area contributed by atoms with Crippen molar-refractivity contribution in [1.29, 1.82) is 0 Å². The molecule has 2 aromatic rings. The number of amides is 1. The molecule has 2 rings (SSSR count). The van der Waals surface area contributed by atoms with Gasteiger partial charge in [-0.1, -0.05) is 13.0 Å². The zero-order valence-electron chi connectivity index (χ0n) is 12.3. The third-order valence-corrected chi connectivity index (χ3v) is 2.73. The minimum atomic E-state index is -4.47. The van der Waals surface area contributed by atoms with Crippen molar-refractivity contribution in [3.8, 4) is 5.88 Å². The van der Waals surface area contributed by atoms with Crippen LogP contribution in [-0.4, -0.2) is 33.5 Å². The van der Waals surface area contributed by atoms with Gasteiger partial charge in [0.2, 0.25) is 5.88 Å². The number of rotatable bonds is 6. The van der Waals surface area contributed by atoms with E-state index in [1.54, 1.807) is 16.9 Å². The highest BCUT2D eigenvalue weighted by Gasteiger charge is 2.28. The largest absolute Gasteiger partial charge is 0.468 e. The van der Waals surface area contributed by atoms with E-state index in [2.05, 4.69) is 20.1 Å². The first kappa shape index (κ1) is 16.8. The molecule has 0 unspecified atom stereocenters. The highest BCUT2D eigenvalue weighted by atomic mass is 19.4. The van der Waals surface area contributed by atoms with Crippen LogP contribution in [0.15, 0.2) is 30.5 Å². The topological polar surface area (TPSA) is 69.0 Å². The van der Waals surface area contributed by atoms with Gasteiger partial charge in [-0.2, -0.15) is 18.3 Å². The fourth-order valence-electron chi connectivity index (χ4n) is 1.79. The Morgan fingerprint density at radius 3 is 2.83 bits per heavy atom. The number of alkyl halides is 3. The Morgan fingerprint density at radius 2 is 2.13 bits per heavy atom. The summed E-state index contributed by atoms with van der Waals surface area (Å²) < 4.78 is 42.5. The number of hydrogen-bond acceptors (Lipinski definition) is 4. The van der Waals surface area contributed by atoms with Crippen LogP contribution in [0.2, 0.25) is 0 Å². The van der Waals surface area contributed by atoms with Crippen LogP contribution in [0.4, 0.5) is 19.0 Å². The second-order valence-electron chi connectivity index (χ2n) is 4.66. The van der Waals surface area contributed by atoms with Crippen molar-refractivity contribution < 1.29 is 22.7 Å². The molecule has 0 aliphatic carbocycles. The standard InChI is InChI=1S/C14H15F3N4O2/c1-2-8-21-11(6-7-18-21)20-13(22)10-4-3-5-12(19-10)23-9-14(15,16)17/h3-7H,2,8-9H2,1H3,(H,20,22). The average Bonchev–Trinajstić information content (AvgIpc) is 2.92. The predicted octanol–water partition coefficient (Wildman–Crippen LogP) is 2.88. The first-order valence-electron chi connectivity index (χ1n) is 6.89. The molecule has 0 radical (unpaired) electrons. The number of pyridine rings is 1. The number of aromatic nitrogens is 3. The zero-order chi connectivity index (χ0) is 16.9. The molecule has 9 heteroatoms. The van der Waals surface area contributed by atoms with Crippen LogP contribution in [0.5, 0.6) is 5.88 Å². The van der Waals surface area contributed by atoms with Gasteiger partial charge in [-0.3, -0.25) is 4.79 Å². The summed E-state index contributed by atoms with van der Waals surface area (Å²) in [5.74, 6) is -0.336. The van der Waals surface area contributed by atoms with E-state index < -0.39 is 18.7 Å². The van der Waals surface area contributed by atoms with Crippen LogP contribution >= 0.6 is 0 Å². The summed E-state index contributed by atoms with van der Waals surface area (Å²) in [4.78, 5) is 15.9.